The third-order valence-corrected chi connectivity index (χ3v) is 3.45. The van der Waals surface area contributed by atoms with Crippen LogP contribution in [0.15, 0.2) is 0 Å². The van der Waals surface area contributed by atoms with Crippen LogP contribution in [0.1, 0.15) is 13.3 Å². The second kappa shape index (κ2) is 6.15. The van der Waals surface area contributed by atoms with Gasteiger partial charge in [0.25, 0.3) is 0 Å². The number of aliphatic carboxylic acids is 1. The van der Waals surface area contributed by atoms with Gasteiger partial charge in [0.1, 0.15) is 0 Å². The van der Waals surface area contributed by atoms with Crippen LogP contribution in [0.2, 0.25) is 0 Å². The summed E-state index contributed by atoms with van der Waals surface area (Å²) < 4.78 is 0. The molecule has 6 nitrogen and oxygen atoms in total. The highest BCUT2D eigenvalue weighted by atomic mass is 16.4. The van der Waals surface area contributed by atoms with Crippen LogP contribution in [0.5, 0.6) is 0 Å². The lowest BCUT2D eigenvalue weighted by Gasteiger charge is -2.42. The summed E-state index contributed by atoms with van der Waals surface area (Å²) >= 11 is 0. The lowest BCUT2D eigenvalue weighted by atomic mass is 10.0. The first kappa shape index (κ1) is 14.9. The van der Waals surface area contributed by atoms with Gasteiger partial charge in [-0.1, -0.05) is 0 Å². The van der Waals surface area contributed by atoms with Crippen LogP contribution in [-0.4, -0.2) is 84.5 Å². The van der Waals surface area contributed by atoms with Gasteiger partial charge in [-0.25, -0.2) is 0 Å². The molecule has 0 bridgehead atoms. The van der Waals surface area contributed by atoms with Gasteiger partial charge in [0, 0.05) is 25.7 Å². The Morgan fingerprint density at radius 3 is 2.61 bits per heavy atom. The molecule has 1 amide bonds. The Bertz CT molecular complexity index is 320. The van der Waals surface area contributed by atoms with Gasteiger partial charge in [-0.05, 0) is 28.1 Å². The first-order valence-electron chi connectivity index (χ1n) is 6.20. The third-order valence-electron chi connectivity index (χ3n) is 3.45. The molecule has 1 aliphatic heterocycles. The zero-order valence-electron chi connectivity index (χ0n) is 11.6. The summed E-state index contributed by atoms with van der Waals surface area (Å²) in [5.74, 6) is -0.998. The molecule has 1 rings (SSSR count). The quantitative estimate of drug-likeness (QED) is 0.723. The SMILES string of the molecule is CC1CN(CCN(C)C)C(=O)C(CC(=O)O)N1C. The summed E-state index contributed by atoms with van der Waals surface area (Å²) in [5.41, 5.74) is 0. The number of hydrogen-bond acceptors (Lipinski definition) is 4. The Kier molecular flexibility index (Phi) is 5.10. The lowest BCUT2D eigenvalue weighted by Crippen LogP contribution is -2.60. The maximum atomic E-state index is 12.2. The lowest BCUT2D eigenvalue weighted by molar-refractivity contribution is -0.150. The maximum Gasteiger partial charge on any atom is 0.305 e. The molecule has 2 atom stereocenters. The van der Waals surface area contributed by atoms with Crippen molar-refractivity contribution in [1.82, 2.24) is 14.7 Å². The highest BCUT2D eigenvalue weighted by molar-refractivity contribution is 5.87. The van der Waals surface area contributed by atoms with Crippen LogP contribution >= 0.6 is 0 Å². The summed E-state index contributed by atoms with van der Waals surface area (Å²) in [6, 6.07) is -0.345. The fourth-order valence-electron chi connectivity index (χ4n) is 2.15. The minimum Gasteiger partial charge on any atom is -0.481 e. The van der Waals surface area contributed by atoms with E-state index in [1.54, 1.807) is 4.90 Å². The molecule has 2 unspecified atom stereocenters. The largest absolute Gasteiger partial charge is 0.481 e. The van der Waals surface area contributed by atoms with Gasteiger partial charge in [0.15, 0.2) is 0 Å². The predicted molar refractivity (Wildman–Crippen MR) is 68.4 cm³/mol. The number of carbonyl (C=O) groups is 2. The molecule has 18 heavy (non-hydrogen) atoms. The van der Waals surface area contributed by atoms with E-state index in [0.717, 1.165) is 6.54 Å². The van der Waals surface area contributed by atoms with Crippen molar-refractivity contribution < 1.29 is 14.7 Å². The Labute approximate surface area is 108 Å². The van der Waals surface area contributed by atoms with E-state index in [0.29, 0.717) is 13.1 Å². The molecule has 0 radical (unpaired) electrons. The van der Waals surface area contributed by atoms with Crippen molar-refractivity contribution in [2.45, 2.75) is 25.4 Å². The summed E-state index contributed by atoms with van der Waals surface area (Å²) in [6.45, 7) is 4.13. The number of carboxylic acid groups (broad SMARTS) is 1. The fourth-order valence-corrected chi connectivity index (χ4v) is 2.15. The third kappa shape index (κ3) is 3.68. The van der Waals surface area contributed by atoms with E-state index < -0.39 is 12.0 Å². The summed E-state index contributed by atoms with van der Waals surface area (Å²) in [6.07, 6.45) is -0.127. The molecule has 0 aromatic carbocycles. The Hall–Kier alpha value is -1.14. The summed E-state index contributed by atoms with van der Waals surface area (Å²) in [4.78, 5) is 28.7. The Balaban J connectivity index is 2.71. The molecule has 0 spiro atoms. The average molecular weight is 257 g/mol. The standard InChI is InChI=1S/C12H23N3O3/c1-9-8-15(6-5-13(2)3)12(18)10(14(9)4)7-11(16)17/h9-10H,5-8H2,1-4H3,(H,16,17). The van der Waals surface area contributed by atoms with Gasteiger partial charge in [-0.3, -0.25) is 14.5 Å². The topological polar surface area (TPSA) is 64.1 Å². The van der Waals surface area contributed by atoms with Crippen LogP contribution in [0.25, 0.3) is 0 Å². The van der Waals surface area contributed by atoms with Crippen molar-refractivity contribution in [3.8, 4) is 0 Å². The Morgan fingerprint density at radius 2 is 2.11 bits per heavy atom. The highest BCUT2D eigenvalue weighted by Crippen LogP contribution is 2.17. The monoisotopic (exact) mass is 257 g/mol. The highest BCUT2D eigenvalue weighted by Gasteiger charge is 2.37. The number of rotatable bonds is 5. The van der Waals surface area contributed by atoms with E-state index in [2.05, 4.69) is 0 Å². The molecule has 1 heterocycles. The Morgan fingerprint density at radius 1 is 1.50 bits per heavy atom. The number of amides is 1. The predicted octanol–water partition coefficient (Wildman–Crippen LogP) is -0.446. The minimum atomic E-state index is -0.929. The number of hydrogen-bond donors (Lipinski definition) is 1. The van der Waals surface area contributed by atoms with Crippen LogP contribution in [0, 0.1) is 0 Å². The zero-order valence-corrected chi connectivity index (χ0v) is 11.6. The van der Waals surface area contributed by atoms with Crippen molar-refractivity contribution >= 4 is 11.9 Å². The van der Waals surface area contributed by atoms with Crippen molar-refractivity contribution in [2.24, 2.45) is 0 Å². The zero-order chi connectivity index (χ0) is 13.9. The smallest absolute Gasteiger partial charge is 0.305 e. The number of nitrogens with zero attached hydrogens (tertiary/aromatic N) is 3. The van der Waals surface area contributed by atoms with Gasteiger partial charge < -0.3 is 14.9 Å². The van der Waals surface area contributed by atoms with E-state index in [1.165, 1.54) is 0 Å². The molecular formula is C12H23N3O3. The van der Waals surface area contributed by atoms with Crippen LogP contribution in [0.3, 0.4) is 0 Å². The van der Waals surface area contributed by atoms with E-state index >= 15 is 0 Å². The van der Waals surface area contributed by atoms with Crippen LogP contribution in [-0.2, 0) is 9.59 Å². The molecule has 0 saturated carbocycles. The first-order valence-corrected chi connectivity index (χ1v) is 6.20. The van der Waals surface area contributed by atoms with Gasteiger partial charge >= 0.3 is 5.97 Å². The van der Waals surface area contributed by atoms with E-state index in [9.17, 15) is 9.59 Å². The molecule has 0 aromatic rings. The van der Waals surface area contributed by atoms with Crippen molar-refractivity contribution in [3.63, 3.8) is 0 Å². The van der Waals surface area contributed by atoms with Crippen molar-refractivity contribution in [3.05, 3.63) is 0 Å². The van der Waals surface area contributed by atoms with Crippen LogP contribution in [0.4, 0.5) is 0 Å². The molecule has 6 heteroatoms. The van der Waals surface area contributed by atoms with Crippen molar-refractivity contribution in [1.29, 1.82) is 0 Å². The molecule has 1 fully saturated rings. The first-order chi connectivity index (χ1) is 8.32. The molecule has 1 saturated heterocycles. The summed E-state index contributed by atoms with van der Waals surface area (Å²) in [5, 5.41) is 8.89. The van der Waals surface area contributed by atoms with Crippen molar-refractivity contribution in [2.75, 3.05) is 40.8 Å². The normalized spacial score (nSPS) is 25.8. The second-order valence-electron chi connectivity index (χ2n) is 5.22. The van der Waals surface area contributed by atoms with E-state index in [1.807, 2.05) is 37.9 Å². The van der Waals surface area contributed by atoms with E-state index in [-0.39, 0.29) is 18.4 Å². The fraction of sp³-hybridized carbons (Fsp3) is 0.833. The maximum absolute atomic E-state index is 12.2. The van der Waals surface area contributed by atoms with Crippen LogP contribution < -0.4 is 0 Å². The molecule has 1 aliphatic rings. The molecule has 0 aromatic heterocycles. The van der Waals surface area contributed by atoms with Gasteiger partial charge in [0.2, 0.25) is 5.91 Å². The molecular weight excluding hydrogens is 234 g/mol. The summed E-state index contributed by atoms with van der Waals surface area (Å²) in [7, 11) is 5.73. The second-order valence-corrected chi connectivity index (χ2v) is 5.22. The van der Waals surface area contributed by atoms with E-state index in [4.69, 9.17) is 5.11 Å². The number of piperazine rings is 1. The molecule has 104 valence electrons. The number of carboxylic acids is 1. The van der Waals surface area contributed by atoms with Gasteiger partial charge in [0.05, 0.1) is 12.5 Å². The van der Waals surface area contributed by atoms with Gasteiger partial charge in [-0.2, -0.15) is 0 Å². The molecule has 1 N–H and O–H groups in total. The average Bonchev–Trinajstić information content (AvgIpc) is 2.27. The van der Waals surface area contributed by atoms with Gasteiger partial charge in [-0.15, -0.1) is 0 Å². The number of carbonyl (C=O) groups excluding carboxylic acids is 1. The molecule has 0 aliphatic carbocycles. The number of likely N-dealkylation sites (N-methyl/N-ethyl adjacent to an activating group) is 2. The minimum absolute atomic E-state index is 0.0696.